The van der Waals surface area contributed by atoms with Crippen LogP contribution in [0.1, 0.15) is 30.3 Å². The summed E-state index contributed by atoms with van der Waals surface area (Å²) in [5.74, 6) is 0. The number of hydrogen-bond donors (Lipinski definition) is 0. The summed E-state index contributed by atoms with van der Waals surface area (Å²) in [5.41, 5.74) is 6.29. The first-order valence-corrected chi connectivity index (χ1v) is 25.7. The normalized spacial score (nSPS) is 14.5. The van der Waals surface area contributed by atoms with E-state index >= 15 is 0 Å². The summed E-state index contributed by atoms with van der Waals surface area (Å²) in [6.07, 6.45) is 0. The Hall–Kier alpha value is -10.2. The summed E-state index contributed by atoms with van der Waals surface area (Å²) in [6.45, 7) is 4.02. The number of anilines is 6. The van der Waals surface area contributed by atoms with Gasteiger partial charge in [0.15, 0.2) is 11.2 Å². The number of furan rings is 2. The number of nitrogens with zero attached hydrogens (tertiary/aromatic N) is 2. The van der Waals surface area contributed by atoms with Gasteiger partial charge in [0, 0.05) is 53.9 Å². The highest BCUT2D eigenvalue weighted by atomic mass is 16.3. The summed E-state index contributed by atoms with van der Waals surface area (Å²) in [6, 6.07) is 47.3. The zero-order chi connectivity index (χ0) is 63.8. The van der Waals surface area contributed by atoms with Gasteiger partial charge in [-0.3, -0.25) is 0 Å². The molecule has 16 rings (SSSR count). The molecule has 0 aliphatic rings. The van der Waals surface area contributed by atoms with Crippen molar-refractivity contribution in [3.8, 4) is 22.3 Å². The number of para-hydroxylation sites is 4. The van der Waals surface area contributed by atoms with Crippen LogP contribution in [0.15, 0.2) is 263 Å². The summed E-state index contributed by atoms with van der Waals surface area (Å²) >= 11 is 0. The molecule has 14 aromatic carbocycles. The third-order valence-electron chi connectivity index (χ3n) is 15.4. The zero-order valence-corrected chi connectivity index (χ0v) is 41.9. The van der Waals surface area contributed by atoms with Crippen LogP contribution in [-0.2, 0) is 0 Å². The molecule has 0 radical (unpaired) electrons. The van der Waals surface area contributed by atoms with E-state index in [0.29, 0.717) is 110 Å². The molecular formula is C74H48N2O2. The predicted molar refractivity (Wildman–Crippen MR) is 329 cm³/mol. The van der Waals surface area contributed by atoms with Gasteiger partial charge in [-0.2, -0.15) is 0 Å². The topological polar surface area (TPSA) is 32.8 Å². The molecule has 0 N–H and O–H groups in total. The summed E-state index contributed by atoms with van der Waals surface area (Å²) in [5, 5.41) is 8.63. The van der Waals surface area contributed by atoms with Crippen LogP contribution in [0.25, 0.3) is 120 Å². The van der Waals surface area contributed by atoms with E-state index < -0.39 is 60.4 Å². The van der Waals surface area contributed by atoms with Crippen molar-refractivity contribution >= 4 is 132 Å². The standard InChI is InChI=1S/C74H48N2O2/c1-45-34-36-50-37-35-46(2)72(62(50)42-45)76(65-31-17-28-57-53-26-12-14-33-69(53)78-74(57)65)67-44-61(49-20-7-4-8-21-49)55-38-40-58-66(43-60(48-18-5-3-6-19-48)54-39-41-59(67)71(55)70(54)58)75(63-29-15-23-47-22-9-10-24-51(47)63)64-30-16-27-56-52-25-11-13-32-68(52)77-73(56)64/h3-44H,1-2H3/i3D,4D,5D,6D,7D,8D,10D,18D,19D,20D,21D,29D,32D,33D. The molecule has 0 saturated carbocycles. The average molecular weight is 1010 g/mol. The summed E-state index contributed by atoms with van der Waals surface area (Å²) in [7, 11) is 0. The van der Waals surface area contributed by atoms with Crippen LogP contribution in [0.3, 0.4) is 0 Å². The van der Waals surface area contributed by atoms with Crippen LogP contribution in [0.4, 0.5) is 34.1 Å². The Morgan fingerprint density at radius 2 is 0.872 bits per heavy atom. The van der Waals surface area contributed by atoms with Gasteiger partial charge in [-0.15, -0.1) is 0 Å². The van der Waals surface area contributed by atoms with Gasteiger partial charge in [0.2, 0.25) is 0 Å². The minimum absolute atomic E-state index is 0.0341. The molecule has 0 amide bonds. The van der Waals surface area contributed by atoms with Crippen molar-refractivity contribution in [2.75, 3.05) is 9.80 Å². The number of benzene rings is 14. The molecule has 16 aromatic rings. The number of hydrogen-bond acceptors (Lipinski definition) is 4. The average Bonchev–Trinajstić information content (AvgIpc) is 0.753. The maximum absolute atomic E-state index is 10.0. The Morgan fingerprint density at radius 3 is 1.50 bits per heavy atom. The molecule has 366 valence electrons. The first kappa shape index (κ1) is 32.3. The van der Waals surface area contributed by atoms with Crippen molar-refractivity contribution in [1.29, 1.82) is 0 Å². The number of aryl methyl sites for hydroxylation is 2. The molecule has 0 spiro atoms. The van der Waals surface area contributed by atoms with Crippen LogP contribution in [0.5, 0.6) is 0 Å². The third-order valence-corrected chi connectivity index (χ3v) is 15.4. The van der Waals surface area contributed by atoms with Crippen molar-refractivity contribution < 1.29 is 28.0 Å². The van der Waals surface area contributed by atoms with E-state index in [1.165, 1.54) is 0 Å². The Balaban J connectivity index is 1.16. The van der Waals surface area contributed by atoms with Crippen molar-refractivity contribution in [2.45, 2.75) is 13.8 Å². The minimum Gasteiger partial charge on any atom is -0.454 e. The molecule has 0 aliphatic heterocycles. The SMILES string of the molecule is [2H]c1ccc2ccc([2H])c(N(c3cc(-c4c([2H])c([2H])c([2H])c([2H])c4[2H])c4ccc5c(N(c6c(C)ccc7ccc(C)cc67)c6cccc7c6oc6c([2H])cccc67)cc(-c6c([2H])c([2H])c([2H])c([2H])c6[2H])c6ccc3c4c65)c3cccc4c3oc3c([2H])cccc34)c2c1. The fourth-order valence-corrected chi connectivity index (χ4v) is 12.0. The molecule has 78 heavy (non-hydrogen) atoms. The molecule has 2 aromatic heterocycles. The molecule has 4 heteroatoms. The Labute approximate surface area is 469 Å². The van der Waals surface area contributed by atoms with Crippen LogP contribution < -0.4 is 9.80 Å². The van der Waals surface area contributed by atoms with Gasteiger partial charge in [0.25, 0.3) is 0 Å². The first-order valence-electron chi connectivity index (χ1n) is 32.7. The van der Waals surface area contributed by atoms with E-state index in [-0.39, 0.29) is 46.4 Å². The van der Waals surface area contributed by atoms with Crippen LogP contribution >= 0.6 is 0 Å². The molecule has 0 bridgehead atoms. The lowest BCUT2D eigenvalue weighted by Gasteiger charge is -2.32. The van der Waals surface area contributed by atoms with Gasteiger partial charge in [-0.1, -0.05) is 212 Å². The van der Waals surface area contributed by atoms with Gasteiger partial charge in [-0.05, 0) is 112 Å². The van der Waals surface area contributed by atoms with Crippen molar-refractivity contribution in [1.82, 2.24) is 0 Å². The Bertz CT molecular complexity index is 5530. The minimum atomic E-state index is -0.597. The smallest absolute Gasteiger partial charge is 0.159 e. The quantitative estimate of drug-likeness (QED) is 0.142. The van der Waals surface area contributed by atoms with Crippen molar-refractivity contribution in [2.24, 2.45) is 0 Å². The van der Waals surface area contributed by atoms with Crippen LogP contribution in [-0.4, -0.2) is 0 Å². The van der Waals surface area contributed by atoms with E-state index in [4.69, 9.17) is 15.7 Å². The second kappa shape index (κ2) is 17.2. The van der Waals surface area contributed by atoms with E-state index in [0.717, 1.165) is 33.0 Å². The predicted octanol–water partition coefficient (Wildman–Crippen LogP) is 21.6. The lowest BCUT2D eigenvalue weighted by Crippen LogP contribution is -2.14. The molecule has 4 nitrogen and oxygen atoms in total. The highest BCUT2D eigenvalue weighted by Gasteiger charge is 2.30. The first-order chi connectivity index (χ1) is 44.3. The number of fused-ring (bicyclic) bond motifs is 8. The maximum atomic E-state index is 10.0. The largest absolute Gasteiger partial charge is 0.454 e. The summed E-state index contributed by atoms with van der Waals surface area (Å²) in [4.78, 5) is 3.95. The maximum Gasteiger partial charge on any atom is 0.159 e. The molecule has 0 fully saturated rings. The fourth-order valence-electron chi connectivity index (χ4n) is 12.0. The highest BCUT2D eigenvalue weighted by molar-refractivity contribution is 6.33. The molecule has 2 heterocycles. The molecule has 0 unspecified atom stereocenters. The second-order valence-electron chi connectivity index (χ2n) is 19.8. The number of rotatable bonds is 8. The molecule has 0 aliphatic carbocycles. The van der Waals surface area contributed by atoms with Crippen LogP contribution in [0, 0.1) is 13.8 Å². The fraction of sp³-hybridized carbons (Fsp3) is 0.0270. The molecular weight excluding hydrogens is 949 g/mol. The highest BCUT2D eigenvalue weighted by Crippen LogP contribution is 2.55. The molecule has 0 saturated heterocycles. The van der Waals surface area contributed by atoms with E-state index in [2.05, 4.69) is 23.1 Å². The third kappa shape index (κ3) is 6.60. The Morgan fingerprint density at radius 1 is 0.333 bits per heavy atom. The zero-order valence-electron chi connectivity index (χ0n) is 55.9. The van der Waals surface area contributed by atoms with Crippen molar-refractivity contribution in [3.63, 3.8) is 0 Å². The van der Waals surface area contributed by atoms with Gasteiger partial charge in [0.05, 0.1) is 53.3 Å². The lowest BCUT2D eigenvalue weighted by molar-refractivity contribution is 0.669. The van der Waals surface area contributed by atoms with Gasteiger partial charge in [-0.25, -0.2) is 0 Å². The second-order valence-corrected chi connectivity index (χ2v) is 19.8. The van der Waals surface area contributed by atoms with E-state index in [9.17, 15) is 12.3 Å². The van der Waals surface area contributed by atoms with E-state index in [1.807, 2.05) is 116 Å². The van der Waals surface area contributed by atoms with Crippen molar-refractivity contribution in [3.05, 3.63) is 266 Å². The van der Waals surface area contributed by atoms with Crippen LogP contribution in [0.2, 0.25) is 0 Å². The monoisotopic (exact) mass is 1010 g/mol. The molecule has 0 atom stereocenters. The lowest BCUT2D eigenvalue weighted by atomic mass is 9.85. The van der Waals surface area contributed by atoms with Gasteiger partial charge >= 0.3 is 0 Å². The van der Waals surface area contributed by atoms with E-state index in [1.54, 1.807) is 54.6 Å². The summed E-state index contributed by atoms with van der Waals surface area (Å²) < 4.78 is 144. The Kier molecular flexibility index (Phi) is 7.12. The van der Waals surface area contributed by atoms with Gasteiger partial charge in [0.1, 0.15) is 11.2 Å². The van der Waals surface area contributed by atoms with Gasteiger partial charge < -0.3 is 18.6 Å².